The van der Waals surface area contributed by atoms with Crippen LogP contribution in [0.3, 0.4) is 0 Å². The number of hydrogen-bond donors (Lipinski definition) is 0. The molecule has 0 aliphatic carbocycles. The molecule has 0 saturated carbocycles. The van der Waals surface area contributed by atoms with Gasteiger partial charge in [-0.1, -0.05) is 174 Å². The fourth-order valence-corrected chi connectivity index (χ4v) is 9.23. The van der Waals surface area contributed by atoms with E-state index in [0.29, 0.717) is 11.5 Å². The monoisotopic (exact) mass is 1080 g/mol. The Morgan fingerprint density at radius 3 is 1.72 bits per heavy atom. The third-order valence-corrected chi connectivity index (χ3v) is 13.8. The van der Waals surface area contributed by atoms with Gasteiger partial charge in [0, 0.05) is 66.5 Å². The first-order valence-corrected chi connectivity index (χ1v) is 23.7. The van der Waals surface area contributed by atoms with Gasteiger partial charge in [0.25, 0.3) is 0 Å². The summed E-state index contributed by atoms with van der Waals surface area (Å²) in [5, 5.41) is 2.25. The van der Waals surface area contributed by atoms with Crippen LogP contribution >= 0.6 is 0 Å². The topological polar surface area (TPSA) is 33.5 Å². The maximum atomic E-state index is 6.79. The van der Waals surface area contributed by atoms with Gasteiger partial charge in [0.15, 0.2) is 0 Å². The Labute approximate surface area is 420 Å². The average molecular weight is 1080 g/mol. The summed E-state index contributed by atoms with van der Waals surface area (Å²) in [7, 11) is 0. The van der Waals surface area contributed by atoms with Crippen molar-refractivity contribution >= 4 is 33.2 Å². The number of aromatic nitrogens is 2. The largest absolute Gasteiger partial charge is 0.509 e. The van der Waals surface area contributed by atoms with Crippen LogP contribution in [-0.2, 0) is 48.1 Å². The molecule has 6 heteroatoms. The number of anilines is 2. The second-order valence-corrected chi connectivity index (χ2v) is 22.5. The van der Waals surface area contributed by atoms with Gasteiger partial charge in [-0.25, -0.2) is 4.98 Å². The van der Waals surface area contributed by atoms with Gasteiger partial charge < -0.3 is 19.1 Å². The number of fused-ring (bicyclic) bond motifs is 3. The van der Waals surface area contributed by atoms with E-state index >= 15 is 0 Å². The minimum absolute atomic E-state index is 0. The third kappa shape index (κ3) is 9.32. The predicted octanol–water partition coefficient (Wildman–Crippen LogP) is 16.1. The van der Waals surface area contributed by atoms with Gasteiger partial charge in [0.05, 0.1) is 0 Å². The van der Waals surface area contributed by atoms with Gasteiger partial charge in [-0.05, 0) is 91.5 Å². The van der Waals surface area contributed by atoms with Gasteiger partial charge in [0.2, 0.25) is 0 Å². The molecule has 0 unspecified atom stereocenters. The molecule has 352 valence electrons. The van der Waals surface area contributed by atoms with Crippen LogP contribution in [0.15, 0.2) is 158 Å². The maximum Gasteiger partial charge on any atom is 0.135 e. The van der Waals surface area contributed by atoms with E-state index in [1.807, 2.05) is 18.3 Å². The Balaban J connectivity index is 0.00000625. The Morgan fingerprint density at radius 2 is 1.10 bits per heavy atom. The molecular formula is C62H65N4OPt-3. The molecule has 9 rings (SSSR count). The summed E-state index contributed by atoms with van der Waals surface area (Å²) in [5.74, 6) is 2.04. The van der Waals surface area contributed by atoms with Crippen LogP contribution in [0.4, 0.5) is 11.4 Å². The van der Waals surface area contributed by atoms with Crippen molar-refractivity contribution < 1.29 is 25.8 Å². The number of allylic oxidation sites excluding steroid dienone is 1. The molecule has 0 spiro atoms. The number of benzene rings is 6. The summed E-state index contributed by atoms with van der Waals surface area (Å²) in [5.41, 5.74) is 12.0. The van der Waals surface area contributed by atoms with Gasteiger partial charge >= 0.3 is 0 Å². The van der Waals surface area contributed by atoms with E-state index in [-0.39, 0.29) is 48.1 Å². The number of hydrogen-bond acceptors (Lipinski definition) is 4. The number of rotatable bonds is 9. The number of ether oxygens (including phenoxy) is 1. The first-order chi connectivity index (χ1) is 31.6. The third-order valence-electron chi connectivity index (χ3n) is 13.8. The van der Waals surface area contributed by atoms with Crippen molar-refractivity contribution in [1.29, 1.82) is 0 Å². The molecule has 0 bridgehead atoms. The molecule has 3 heterocycles. The molecule has 0 radical (unpaired) electrons. The van der Waals surface area contributed by atoms with Crippen LogP contribution in [0.5, 0.6) is 11.5 Å². The molecule has 8 aromatic rings. The van der Waals surface area contributed by atoms with Crippen molar-refractivity contribution in [3.05, 3.63) is 210 Å². The van der Waals surface area contributed by atoms with Crippen LogP contribution in [-0.4, -0.2) is 9.55 Å². The van der Waals surface area contributed by atoms with Crippen LogP contribution in [0.25, 0.3) is 27.6 Å². The van der Waals surface area contributed by atoms with Crippen LogP contribution in [0.1, 0.15) is 123 Å². The second kappa shape index (κ2) is 17.9. The summed E-state index contributed by atoms with van der Waals surface area (Å²) < 4.78 is 9.03. The van der Waals surface area contributed by atoms with Crippen molar-refractivity contribution in [2.45, 2.75) is 117 Å². The quantitative estimate of drug-likeness (QED) is 0.135. The van der Waals surface area contributed by atoms with Crippen LogP contribution < -0.4 is 14.5 Å². The minimum atomic E-state index is -0.355. The van der Waals surface area contributed by atoms with E-state index < -0.39 is 0 Å². The molecule has 1 aliphatic heterocycles. The zero-order chi connectivity index (χ0) is 47.7. The molecule has 0 amide bonds. The molecule has 0 N–H and O–H groups in total. The smallest absolute Gasteiger partial charge is 0.135 e. The van der Waals surface area contributed by atoms with E-state index in [1.54, 1.807) is 0 Å². The predicted molar refractivity (Wildman–Crippen MR) is 281 cm³/mol. The van der Waals surface area contributed by atoms with Gasteiger partial charge in [-0.2, -0.15) is 12.1 Å². The molecule has 5 nitrogen and oxygen atoms in total. The van der Waals surface area contributed by atoms with Crippen molar-refractivity contribution in [3.63, 3.8) is 0 Å². The molecule has 68 heavy (non-hydrogen) atoms. The molecule has 0 saturated heterocycles. The van der Waals surface area contributed by atoms with Gasteiger partial charge in [0.1, 0.15) is 5.82 Å². The number of pyridine rings is 1. The molecule has 6 aromatic carbocycles. The molecular weight excluding hydrogens is 1010 g/mol. The first-order valence-electron chi connectivity index (χ1n) is 23.7. The van der Waals surface area contributed by atoms with E-state index in [2.05, 4.69) is 257 Å². The van der Waals surface area contributed by atoms with Crippen molar-refractivity contribution in [1.82, 2.24) is 9.55 Å². The van der Waals surface area contributed by atoms with Crippen molar-refractivity contribution in [3.8, 4) is 17.3 Å². The fourth-order valence-electron chi connectivity index (χ4n) is 9.23. The minimum Gasteiger partial charge on any atom is -0.509 e. The van der Waals surface area contributed by atoms with Gasteiger partial charge in [-0.3, -0.25) is 0 Å². The molecule has 1 aliphatic rings. The normalized spacial score (nSPS) is 13.8. The zero-order valence-electron chi connectivity index (χ0n) is 42.0. The zero-order valence-corrected chi connectivity index (χ0v) is 44.3. The fraction of sp³-hybridized carbons (Fsp3) is 0.290. The molecule has 0 atom stereocenters. The van der Waals surface area contributed by atoms with Gasteiger partial charge in [-0.15, -0.1) is 48.1 Å². The van der Waals surface area contributed by atoms with Crippen LogP contribution in [0, 0.1) is 18.8 Å². The summed E-state index contributed by atoms with van der Waals surface area (Å²) in [4.78, 5) is 9.57. The van der Waals surface area contributed by atoms with Crippen LogP contribution in [0.2, 0.25) is 0 Å². The Bertz CT molecular complexity index is 3110. The second-order valence-electron chi connectivity index (χ2n) is 22.5. The maximum absolute atomic E-state index is 6.79. The SMILES string of the molecule is CC(C)(C)c1cc(N2C=C(C(C)(C)c3ccccc3)N(c3[c-]c(Oc4[c-]c5c(cc4)c4cc(C(C)(C)C)ccc4n5-c4cc(C(C)(C)c5ccccc5)ccn4)ccc3)[CH-]2)cc(C(C)(C)C)c1.[Pt]. The molecule has 0 fully saturated rings. The van der Waals surface area contributed by atoms with E-state index in [1.165, 1.54) is 33.4 Å². The summed E-state index contributed by atoms with van der Waals surface area (Å²) in [6, 6.07) is 57.4. The Kier molecular flexibility index (Phi) is 12.8. The average Bonchev–Trinajstić information content (AvgIpc) is 3.89. The Hall–Kier alpha value is -5.90. The van der Waals surface area contributed by atoms with Crippen molar-refractivity contribution in [2.24, 2.45) is 0 Å². The van der Waals surface area contributed by atoms with E-state index in [4.69, 9.17) is 9.72 Å². The summed E-state index contributed by atoms with van der Waals surface area (Å²) in [6.07, 6.45) is 4.22. The first kappa shape index (κ1) is 48.6. The van der Waals surface area contributed by atoms with Crippen molar-refractivity contribution in [2.75, 3.05) is 9.80 Å². The summed E-state index contributed by atoms with van der Waals surface area (Å²) >= 11 is 0. The number of nitrogens with zero attached hydrogens (tertiary/aromatic N) is 4. The summed E-state index contributed by atoms with van der Waals surface area (Å²) in [6.45, 7) is 31.9. The standard InChI is InChI=1S/C62H65N4O.Pt/c1-58(2,3)44-27-30-54-53(36-44)52-29-28-51(39-55(52)66(54)57-37-45(31-32-63-57)61(10,11)42-21-16-14-17-22-42)67-50-26-20-25-48(38-50)65-41-64(40-56(65)62(12,13)43-23-18-15-19-24-43)49-34-46(59(4,5)6)33-47(35-49)60(7,8)9;/h14-37,40-41H,1-13H3;/q-3;. The van der Waals surface area contributed by atoms with E-state index in [9.17, 15) is 0 Å². The Morgan fingerprint density at radius 1 is 0.500 bits per heavy atom. The van der Waals surface area contributed by atoms with E-state index in [0.717, 1.165) is 44.7 Å². The molecule has 2 aromatic heterocycles.